The van der Waals surface area contributed by atoms with Crippen LogP contribution in [0.4, 0.5) is 10.7 Å². The van der Waals surface area contributed by atoms with Crippen LogP contribution in [0.5, 0.6) is 0 Å². The number of ether oxygens (including phenoxy) is 1. The zero-order valence-corrected chi connectivity index (χ0v) is 10.5. The van der Waals surface area contributed by atoms with Gasteiger partial charge >= 0.3 is 12.1 Å². The smallest absolute Gasteiger partial charge is 0.407 e. The molecule has 0 saturated carbocycles. The summed E-state index contributed by atoms with van der Waals surface area (Å²) in [6.07, 6.45) is -0.765. The Morgan fingerprint density at radius 1 is 1.35 bits per heavy atom. The van der Waals surface area contributed by atoms with Crippen LogP contribution in [0.25, 0.3) is 11.0 Å². The molecule has 0 atom stereocenters. The van der Waals surface area contributed by atoms with Crippen LogP contribution in [0.2, 0.25) is 0 Å². The Morgan fingerprint density at radius 3 is 2.90 bits per heavy atom. The van der Waals surface area contributed by atoms with Crippen molar-refractivity contribution in [2.24, 2.45) is 0 Å². The number of fused-ring (bicyclic) bond motifs is 1. The molecular weight excluding hydrogens is 264 g/mol. The quantitative estimate of drug-likeness (QED) is 0.580. The second-order valence-electron chi connectivity index (χ2n) is 3.91. The molecule has 1 amide bonds. The standard InChI is InChI=1S/C12H14N4O4/c17-10(18)7-14-12(19)20-6-5-13-11-15-8-3-1-2-4-9(8)16-11/h1-4H,5-7H2,(H,14,19)(H,17,18)(H2,13,15,16). The van der Waals surface area contributed by atoms with Crippen molar-refractivity contribution in [3.05, 3.63) is 24.3 Å². The van der Waals surface area contributed by atoms with Crippen molar-refractivity contribution in [1.82, 2.24) is 15.3 Å². The summed E-state index contributed by atoms with van der Waals surface area (Å²) in [4.78, 5) is 28.6. The number of aromatic amines is 1. The monoisotopic (exact) mass is 278 g/mol. The first-order valence-electron chi connectivity index (χ1n) is 5.96. The van der Waals surface area contributed by atoms with E-state index < -0.39 is 18.6 Å². The number of H-pyrrole nitrogens is 1. The van der Waals surface area contributed by atoms with E-state index in [1.807, 2.05) is 24.3 Å². The number of nitrogens with zero attached hydrogens (tertiary/aromatic N) is 1. The van der Waals surface area contributed by atoms with Crippen LogP contribution in [-0.2, 0) is 9.53 Å². The van der Waals surface area contributed by atoms with Crippen molar-refractivity contribution >= 4 is 29.0 Å². The molecule has 8 heteroatoms. The minimum Gasteiger partial charge on any atom is -0.480 e. The lowest BCUT2D eigenvalue weighted by atomic mass is 10.3. The predicted molar refractivity (Wildman–Crippen MR) is 71.6 cm³/mol. The highest BCUT2D eigenvalue weighted by Gasteiger charge is 2.04. The largest absolute Gasteiger partial charge is 0.480 e. The predicted octanol–water partition coefficient (Wildman–Crippen LogP) is 0.786. The Kier molecular flexibility index (Phi) is 4.38. The van der Waals surface area contributed by atoms with Crippen LogP contribution in [0.15, 0.2) is 24.3 Å². The van der Waals surface area contributed by atoms with Gasteiger partial charge in [-0.25, -0.2) is 9.78 Å². The second-order valence-corrected chi connectivity index (χ2v) is 3.91. The van der Waals surface area contributed by atoms with Crippen LogP contribution in [0.3, 0.4) is 0 Å². The highest BCUT2D eigenvalue weighted by molar-refractivity contribution is 5.77. The van der Waals surface area contributed by atoms with E-state index in [9.17, 15) is 9.59 Å². The summed E-state index contributed by atoms with van der Waals surface area (Å²) in [6.45, 7) is -0.00134. The minimum absolute atomic E-state index is 0.0997. The molecule has 0 bridgehead atoms. The van der Waals surface area contributed by atoms with Crippen molar-refractivity contribution in [1.29, 1.82) is 0 Å². The third kappa shape index (κ3) is 3.87. The van der Waals surface area contributed by atoms with Gasteiger partial charge in [-0.2, -0.15) is 0 Å². The van der Waals surface area contributed by atoms with Gasteiger partial charge in [0, 0.05) is 0 Å². The fourth-order valence-corrected chi connectivity index (χ4v) is 1.55. The van der Waals surface area contributed by atoms with Gasteiger partial charge in [-0.3, -0.25) is 4.79 Å². The maximum Gasteiger partial charge on any atom is 0.407 e. The molecule has 106 valence electrons. The summed E-state index contributed by atoms with van der Waals surface area (Å²) in [5.41, 5.74) is 1.75. The molecule has 0 fully saturated rings. The van der Waals surface area contributed by atoms with E-state index in [4.69, 9.17) is 9.84 Å². The topological polar surface area (TPSA) is 116 Å². The molecule has 0 unspecified atom stereocenters. The summed E-state index contributed by atoms with van der Waals surface area (Å²) in [5.74, 6) is -0.539. The summed E-state index contributed by atoms with van der Waals surface area (Å²) in [7, 11) is 0. The Balaban J connectivity index is 1.70. The highest BCUT2D eigenvalue weighted by Crippen LogP contribution is 2.12. The number of carboxylic acid groups (broad SMARTS) is 1. The number of benzene rings is 1. The molecule has 0 aliphatic rings. The highest BCUT2D eigenvalue weighted by atomic mass is 16.5. The molecule has 0 radical (unpaired) electrons. The fraction of sp³-hybridized carbons (Fsp3) is 0.250. The van der Waals surface area contributed by atoms with Gasteiger partial charge in [0.05, 0.1) is 17.6 Å². The Labute approximate surface area is 114 Å². The summed E-state index contributed by atoms with van der Waals surface area (Å²) >= 11 is 0. The van der Waals surface area contributed by atoms with Gasteiger partial charge in [0.15, 0.2) is 0 Å². The molecule has 4 N–H and O–H groups in total. The van der Waals surface area contributed by atoms with E-state index in [1.165, 1.54) is 0 Å². The molecule has 2 aromatic rings. The lowest BCUT2D eigenvalue weighted by Gasteiger charge is -2.05. The van der Waals surface area contributed by atoms with Crippen LogP contribution in [0, 0.1) is 0 Å². The van der Waals surface area contributed by atoms with E-state index in [-0.39, 0.29) is 6.61 Å². The fourth-order valence-electron chi connectivity index (χ4n) is 1.55. The van der Waals surface area contributed by atoms with Gasteiger partial charge in [-0.1, -0.05) is 12.1 Å². The number of aromatic nitrogens is 2. The van der Waals surface area contributed by atoms with E-state index in [1.54, 1.807) is 0 Å². The average molecular weight is 278 g/mol. The normalized spacial score (nSPS) is 10.2. The maximum absolute atomic E-state index is 11.1. The van der Waals surface area contributed by atoms with E-state index >= 15 is 0 Å². The van der Waals surface area contributed by atoms with Crippen LogP contribution in [0.1, 0.15) is 0 Å². The molecule has 0 aliphatic carbocycles. The number of carbonyl (C=O) groups is 2. The molecule has 0 spiro atoms. The number of carboxylic acids is 1. The summed E-state index contributed by atoms with van der Waals surface area (Å²) in [5, 5.41) is 13.4. The average Bonchev–Trinajstić information content (AvgIpc) is 2.84. The summed E-state index contributed by atoms with van der Waals surface area (Å²) in [6, 6.07) is 7.58. The number of hydrogen-bond acceptors (Lipinski definition) is 5. The zero-order valence-electron chi connectivity index (χ0n) is 10.5. The Hall–Kier alpha value is -2.77. The van der Waals surface area contributed by atoms with Crippen molar-refractivity contribution in [2.45, 2.75) is 0 Å². The van der Waals surface area contributed by atoms with Gasteiger partial charge in [0.2, 0.25) is 5.95 Å². The van der Waals surface area contributed by atoms with Gasteiger partial charge in [-0.15, -0.1) is 0 Å². The number of para-hydroxylation sites is 2. The number of hydrogen-bond donors (Lipinski definition) is 4. The molecule has 8 nitrogen and oxygen atoms in total. The maximum atomic E-state index is 11.1. The first-order valence-corrected chi connectivity index (χ1v) is 5.96. The van der Waals surface area contributed by atoms with Crippen molar-refractivity contribution < 1.29 is 19.4 Å². The molecule has 20 heavy (non-hydrogen) atoms. The first kappa shape index (κ1) is 13.7. The third-order valence-corrected chi connectivity index (χ3v) is 2.40. The first-order chi connectivity index (χ1) is 9.65. The SMILES string of the molecule is O=C(O)CNC(=O)OCCNc1nc2ccccc2[nH]1. The van der Waals surface area contributed by atoms with Crippen LogP contribution < -0.4 is 10.6 Å². The Bertz CT molecular complexity index is 577. The van der Waals surface area contributed by atoms with Crippen molar-refractivity contribution in [2.75, 3.05) is 25.0 Å². The van der Waals surface area contributed by atoms with E-state index in [2.05, 4.69) is 20.6 Å². The number of alkyl carbamates (subject to hydrolysis) is 1. The number of rotatable bonds is 6. The molecule has 2 rings (SSSR count). The van der Waals surface area contributed by atoms with Crippen LogP contribution in [-0.4, -0.2) is 46.8 Å². The van der Waals surface area contributed by atoms with Crippen molar-refractivity contribution in [3.63, 3.8) is 0 Å². The number of amides is 1. The lowest BCUT2D eigenvalue weighted by Crippen LogP contribution is -2.31. The number of carbonyl (C=O) groups excluding carboxylic acids is 1. The van der Waals surface area contributed by atoms with Gasteiger partial charge in [-0.05, 0) is 12.1 Å². The molecular formula is C12H14N4O4. The second kappa shape index (κ2) is 6.41. The number of aliphatic carboxylic acids is 1. The van der Waals surface area contributed by atoms with E-state index in [0.29, 0.717) is 12.5 Å². The minimum atomic E-state index is -1.12. The van der Waals surface area contributed by atoms with Crippen LogP contribution >= 0.6 is 0 Å². The summed E-state index contributed by atoms with van der Waals surface area (Å²) < 4.78 is 4.77. The molecule has 0 saturated heterocycles. The van der Waals surface area contributed by atoms with Gasteiger partial charge < -0.3 is 25.5 Å². The van der Waals surface area contributed by atoms with Crippen molar-refractivity contribution in [3.8, 4) is 0 Å². The number of anilines is 1. The third-order valence-electron chi connectivity index (χ3n) is 2.40. The van der Waals surface area contributed by atoms with Gasteiger partial charge in [0.25, 0.3) is 0 Å². The van der Waals surface area contributed by atoms with E-state index in [0.717, 1.165) is 11.0 Å². The molecule has 1 aromatic carbocycles. The molecule has 1 aromatic heterocycles. The number of nitrogens with one attached hydrogen (secondary N) is 3. The van der Waals surface area contributed by atoms with Gasteiger partial charge in [0.1, 0.15) is 13.2 Å². The zero-order chi connectivity index (χ0) is 14.4. The lowest BCUT2D eigenvalue weighted by molar-refractivity contribution is -0.135. The molecule has 1 heterocycles. The number of imidazole rings is 1. The molecule has 0 aliphatic heterocycles. The Morgan fingerprint density at radius 2 is 2.15 bits per heavy atom.